The molecule has 0 unspecified atom stereocenters. The number of primary sulfonamides is 1. The van der Waals surface area contributed by atoms with Crippen molar-refractivity contribution in [1.82, 2.24) is 10.2 Å². The van der Waals surface area contributed by atoms with E-state index < -0.39 is 15.8 Å². The molecule has 0 aliphatic carbocycles. The van der Waals surface area contributed by atoms with Gasteiger partial charge in [0.05, 0.1) is 4.90 Å². The molecule has 0 atom stereocenters. The maximum atomic E-state index is 13.6. The van der Waals surface area contributed by atoms with Gasteiger partial charge in [0.15, 0.2) is 18.2 Å². The number of hydrogen-bond acceptors (Lipinski definition) is 6. The summed E-state index contributed by atoms with van der Waals surface area (Å²) >= 11 is 0. The fourth-order valence-electron chi connectivity index (χ4n) is 1.31. The molecular formula is C10H10FN3O4S. The zero-order chi connectivity index (χ0) is 14.0. The maximum absolute atomic E-state index is 13.6. The van der Waals surface area contributed by atoms with E-state index in [2.05, 4.69) is 10.2 Å². The van der Waals surface area contributed by atoms with Crippen LogP contribution in [0.4, 0.5) is 4.39 Å². The third kappa shape index (κ3) is 3.26. The van der Waals surface area contributed by atoms with Gasteiger partial charge in [-0.25, -0.2) is 17.9 Å². The molecule has 0 saturated carbocycles. The molecule has 0 fully saturated rings. The zero-order valence-electron chi connectivity index (χ0n) is 9.83. The highest BCUT2D eigenvalue weighted by atomic mass is 32.2. The van der Waals surface area contributed by atoms with Gasteiger partial charge in [-0.2, -0.15) is 0 Å². The number of ether oxygens (including phenoxy) is 1. The molecule has 19 heavy (non-hydrogen) atoms. The van der Waals surface area contributed by atoms with Gasteiger partial charge < -0.3 is 9.15 Å². The van der Waals surface area contributed by atoms with Crippen molar-refractivity contribution in [2.24, 2.45) is 5.14 Å². The molecule has 9 heteroatoms. The Morgan fingerprint density at radius 3 is 2.68 bits per heavy atom. The van der Waals surface area contributed by atoms with E-state index in [0.717, 1.165) is 18.2 Å². The maximum Gasteiger partial charge on any atom is 0.253 e. The summed E-state index contributed by atoms with van der Waals surface area (Å²) in [5.41, 5.74) is 0. The van der Waals surface area contributed by atoms with Crippen molar-refractivity contribution in [1.29, 1.82) is 0 Å². The molecule has 2 aromatic rings. The number of benzene rings is 1. The van der Waals surface area contributed by atoms with Gasteiger partial charge in [0.2, 0.25) is 15.9 Å². The van der Waals surface area contributed by atoms with Gasteiger partial charge in [-0.15, -0.1) is 10.2 Å². The van der Waals surface area contributed by atoms with Gasteiger partial charge in [0.1, 0.15) is 0 Å². The van der Waals surface area contributed by atoms with Crippen molar-refractivity contribution >= 4 is 10.0 Å². The van der Waals surface area contributed by atoms with E-state index in [1.165, 1.54) is 0 Å². The lowest BCUT2D eigenvalue weighted by molar-refractivity contribution is 0.249. The van der Waals surface area contributed by atoms with Gasteiger partial charge in [-0.05, 0) is 18.2 Å². The van der Waals surface area contributed by atoms with E-state index in [1.54, 1.807) is 6.92 Å². The normalized spacial score (nSPS) is 11.5. The van der Waals surface area contributed by atoms with Crippen molar-refractivity contribution in [3.63, 3.8) is 0 Å². The molecule has 0 radical (unpaired) electrons. The van der Waals surface area contributed by atoms with E-state index in [9.17, 15) is 12.8 Å². The Balaban J connectivity index is 2.14. The molecule has 2 rings (SSSR count). The van der Waals surface area contributed by atoms with Crippen LogP contribution in [0.15, 0.2) is 27.5 Å². The lowest BCUT2D eigenvalue weighted by atomic mass is 10.3. The van der Waals surface area contributed by atoms with E-state index in [1.807, 2.05) is 0 Å². The fourth-order valence-corrected chi connectivity index (χ4v) is 1.84. The van der Waals surface area contributed by atoms with Gasteiger partial charge in [0.25, 0.3) is 5.89 Å². The van der Waals surface area contributed by atoms with Crippen molar-refractivity contribution in [3.8, 4) is 5.75 Å². The largest absolute Gasteiger partial charge is 0.481 e. The Bertz CT molecular complexity index is 699. The number of aryl methyl sites for hydroxylation is 1. The first kappa shape index (κ1) is 13.4. The molecule has 0 aliphatic rings. The van der Waals surface area contributed by atoms with Gasteiger partial charge in [-0.1, -0.05) is 0 Å². The summed E-state index contributed by atoms with van der Waals surface area (Å²) in [5, 5.41) is 12.1. The highest BCUT2D eigenvalue weighted by Crippen LogP contribution is 2.21. The Kier molecular flexibility index (Phi) is 3.49. The number of aromatic nitrogens is 2. The highest BCUT2D eigenvalue weighted by molar-refractivity contribution is 7.89. The predicted octanol–water partition coefficient (Wildman–Crippen LogP) is 0.744. The predicted molar refractivity (Wildman–Crippen MR) is 61.1 cm³/mol. The second kappa shape index (κ2) is 4.94. The molecule has 1 aromatic heterocycles. The van der Waals surface area contributed by atoms with Gasteiger partial charge in [0, 0.05) is 6.92 Å². The lowest BCUT2D eigenvalue weighted by Crippen LogP contribution is -2.12. The van der Waals surface area contributed by atoms with Gasteiger partial charge in [-0.3, -0.25) is 0 Å². The first-order chi connectivity index (χ1) is 8.86. The average molecular weight is 287 g/mol. The molecule has 0 amide bonds. The van der Waals surface area contributed by atoms with Crippen LogP contribution in [0.2, 0.25) is 0 Å². The molecular weight excluding hydrogens is 277 g/mol. The van der Waals surface area contributed by atoms with Crippen molar-refractivity contribution in [2.75, 3.05) is 0 Å². The smallest absolute Gasteiger partial charge is 0.253 e. The zero-order valence-corrected chi connectivity index (χ0v) is 10.6. The SMILES string of the molecule is Cc1nnc(COc2ccc(S(N)(=O)=O)cc2F)o1. The molecule has 102 valence electrons. The summed E-state index contributed by atoms with van der Waals surface area (Å²) in [5.74, 6) is -0.429. The van der Waals surface area contributed by atoms with Crippen LogP contribution in [0, 0.1) is 12.7 Å². The van der Waals surface area contributed by atoms with Crippen LogP contribution in [0.25, 0.3) is 0 Å². The van der Waals surface area contributed by atoms with E-state index >= 15 is 0 Å². The number of nitrogens with two attached hydrogens (primary N) is 1. The van der Waals surface area contributed by atoms with Crippen LogP contribution in [0.1, 0.15) is 11.8 Å². The minimum Gasteiger partial charge on any atom is -0.481 e. The molecule has 1 heterocycles. The molecule has 1 aromatic carbocycles. The summed E-state index contributed by atoms with van der Waals surface area (Å²) in [6, 6.07) is 3.09. The Morgan fingerprint density at radius 1 is 1.42 bits per heavy atom. The van der Waals surface area contributed by atoms with Gasteiger partial charge >= 0.3 is 0 Å². The number of hydrogen-bond donors (Lipinski definition) is 1. The Labute approximate surface area is 108 Å². The van der Waals surface area contributed by atoms with E-state index in [0.29, 0.717) is 5.89 Å². The average Bonchev–Trinajstić information content (AvgIpc) is 2.72. The Hall–Kier alpha value is -2.00. The van der Waals surface area contributed by atoms with E-state index in [-0.39, 0.29) is 23.1 Å². The highest BCUT2D eigenvalue weighted by Gasteiger charge is 2.13. The van der Waals surface area contributed by atoms with E-state index in [4.69, 9.17) is 14.3 Å². The quantitative estimate of drug-likeness (QED) is 0.888. The number of sulfonamides is 1. The first-order valence-corrected chi connectivity index (χ1v) is 6.65. The summed E-state index contributed by atoms with van der Waals surface area (Å²) < 4.78 is 45.7. The van der Waals surface area contributed by atoms with Crippen LogP contribution in [-0.2, 0) is 16.6 Å². The topological polar surface area (TPSA) is 108 Å². The Morgan fingerprint density at radius 2 is 2.16 bits per heavy atom. The second-order valence-electron chi connectivity index (χ2n) is 3.64. The molecule has 0 saturated heterocycles. The standard InChI is InChI=1S/C10H10FN3O4S/c1-6-13-14-10(18-6)5-17-9-3-2-7(4-8(9)11)19(12,15)16/h2-4H,5H2,1H3,(H2,12,15,16). The van der Waals surface area contributed by atoms with Crippen LogP contribution in [0.3, 0.4) is 0 Å². The van der Waals surface area contributed by atoms with Crippen molar-refractivity contribution < 1.29 is 22.0 Å². The first-order valence-electron chi connectivity index (χ1n) is 5.10. The number of rotatable bonds is 4. The second-order valence-corrected chi connectivity index (χ2v) is 5.20. The fraction of sp³-hybridized carbons (Fsp3) is 0.200. The minimum absolute atomic E-state index is 0.119. The molecule has 0 bridgehead atoms. The third-order valence-electron chi connectivity index (χ3n) is 2.15. The van der Waals surface area contributed by atoms with Crippen LogP contribution < -0.4 is 9.88 Å². The summed E-state index contributed by atoms with van der Waals surface area (Å²) in [7, 11) is -3.94. The number of nitrogens with zero attached hydrogens (tertiary/aromatic N) is 2. The van der Waals surface area contributed by atoms with Crippen molar-refractivity contribution in [3.05, 3.63) is 35.8 Å². The summed E-state index contributed by atoms with van der Waals surface area (Å²) in [6.07, 6.45) is 0. The minimum atomic E-state index is -3.94. The van der Waals surface area contributed by atoms with Crippen LogP contribution >= 0.6 is 0 Å². The molecule has 7 nitrogen and oxygen atoms in total. The summed E-state index contributed by atoms with van der Waals surface area (Å²) in [6.45, 7) is 1.49. The lowest BCUT2D eigenvalue weighted by Gasteiger charge is -2.05. The third-order valence-corrected chi connectivity index (χ3v) is 3.06. The molecule has 2 N–H and O–H groups in total. The molecule has 0 aliphatic heterocycles. The molecule has 0 spiro atoms. The van der Waals surface area contributed by atoms with Crippen LogP contribution in [-0.4, -0.2) is 18.6 Å². The van der Waals surface area contributed by atoms with Crippen molar-refractivity contribution in [2.45, 2.75) is 18.4 Å². The monoisotopic (exact) mass is 287 g/mol. The number of halogens is 1. The van der Waals surface area contributed by atoms with Crippen LogP contribution in [0.5, 0.6) is 5.75 Å². The summed E-state index contributed by atoms with van der Waals surface area (Å²) in [4.78, 5) is -0.328.